The minimum Gasteiger partial charge on any atom is -0.357 e. The molecule has 2 heterocycles. The molecule has 0 radical (unpaired) electrons. The Morgan fingerprint density at radius 2 is 2.12 bits per heavy atom. The maximum atomic E-state index is 4.66. The molecule has 2 rings (SSSR count). The van der Waals surface area contributed by atoms with Crippen LogP contribution in [-0.2, 0) is 6.54 Å². The Hall–Kier alpha value is -1.62. The lowest BCUT2D eigenvalue weighted by atomic mass is 9.99. The van der Waals surface area contributed by atoms with Crippen molar-refractivity contribution < 1.29 is 0 Å². The van der Waals surface area contributed by atoms with Crippen LogP contribution in [0, 0.1) is 12.8 Å². The largest absolute Gasteiger partial charge is 0.357 e. The van der Waals surface area contributed by atoms with Crippen molar-refractivity contribution in [2.45, 2.75) is 46.6 Å². The zero-order chi connectivity index (χ0) is 17.2. The third kappa shape index (κ3) is 6.48. The molecule has 1 saturated heterocycles. The number of pyridine rings is 1. The molecule has 5 nitrogen and oxygen atoms in total. The number of aromatic nitrogens is 1. The molecule has 24 heavy (non-hydrogen) atoms. The number of aliphatic imine (C=N–C) groups is 1. The average Bonchev–Trinajstić information content (AvgIpc) is 2.59. The van der Waals surface area contributed by atoms with Crippen molar-refractivity contribution in [3.05, 3.63) is 29.6 Å². The summed E-state index contributed by atoms with van der Waals surface area (Å²) < 4.78 is 0. The Morgan fingerprint density at radius 3 is 2.83 bits per heavy atom. The fraction of sp³-hybridized carbons (Fsp3) is 0.684. The van der Waals surface area contributed by atoms with Crippen LogP contribution >= 0.6 is 0 Å². The number of piperidine rings is 1. The maximum Gasteiger partial charge on any atom is 0.191 e. The summed E-state index contributed by atoms with van der Waals surface area (Å²) in [6.45, 7) is 12.7. The van der Waals surface area contributed by atoms with E-state index >= 15 is 0 Å². The smallest absolute Gasteiger partial charge is 0.191 e. The van der Waals surface area contributed by atoms with E-state index in [0.717, 1.165) is 37.1 Å². The number of likely N-dealkylation sites (tertiary alicyclic amines) is 1. The molecule has 0 spiro atoms. The van der Waals surface area contributed by atoms with Crippen molar-refractivity contribution in [2.75, 3.05) is 32.7 Å². The SMILES string of the molecule is CCNC(=NCc1ncccc1C)NCCCN1CCC(C)CC1. The summed E-state index contributed by atoms with van der Waals surface area (Å²) in [4.78, 5) is 11.6. The Bertz CT molecular complexity index is 506. The molecule has 1 aliphatic rings. The highest BCUT2D eigenvalue weighted by Crippen LogP contribution is 2.15. The van der Waals surface area contributed by atoms with Crippen LogP contribution in [0.2, 0.25) is 0 Å². The van der Waals surface area contributed by atoms with E-state index in [1.165, 1.54) is 38.0 Å². The van der Waals surface area contributed by atoms with Gasteiger partial charge in [0.05, 0.1) is 12.2 Å². The van der Waals surface area contributed by atoms with Crippen LogP contribution in [0.15, 0.2) is 23.3 Å². The van der Waals surface area contributed by atoms with Gasteiger partial charge in [0, 0.05) is 19.3 Å². The van der Waals surface area contributed by atoms with E-state index in [4.69, 9.17) is 0 Å². The number of aryl methyl sites for hydroxylation is 1. The third-order valence-corrected chi connectivity index (χ3v) is 4.67. The zero-order valence-electron chi connectivity index (χ0n) is 15.5. The van der Waals surface area contributed by atoms with E-state index in [1.54, 1.807) is 0 Å². The second-order valence-corrected chi connectivity index (χ2v) is 6.77. The highest BCUT2D eigenvalue weighted by molar-refractivity contribution is 5.79. The molecule has 0 saturated carbocycles. The van der Waals surface area contributed by atoms with E-state index in [0.29, 0.717) is 6.54 Å². The lowest BCUT2D eigenvalue weighted by Gasteiger charge is -2.30. The van der Waals surface area contributed by atoms with E-state index in [2.05, 4.69) is 52.3 Å². The molecule has 1 aromatic heterocycles. The summed E-state index contributed by atoms with van der Waals surface area (Å²) in [5, 5.41) is 6.76. The molecule has 2 N–H and O–H groups in total. The summed E-state index contributed by atoms with van der Waals surface area (Å²) in [5.41, 5.74) is 2.23. The molecule has 1 fully saturated rings. The van der Waals surface area contributed by atoms with Gasteiger partial charge in [-0.1, -0.05) is 13.0 Å². The van der Waals surface area contributed by atoms with Crippen molar-refractivity contribution in [3.8, 4) is 0 Å². The van der Waals surface area contributed by atoms with Crippen LogP contribution in [0.1, 0.15) is 44.4 Å². The Balaban J connectivity index is 1.72. The van der Waals surface area contributed by atoms with Crippen molar-refractivity contribution in [2.24, 2.45) is 10.9 Å². The minimum absolute atomic E-state index is 0.617. The lowest BCUT2D eigenvalue weighted by molar-refractivity contribution is 0.191. The van der Waals surface area contributed by atoms with Crippen LogP contribution in [0.4, 0.5) is 0 Å². The van der Waals surface area contributed by atoms with E-state index in [-0.39, 0.29) is 0 Å². The summed E-state index contributed by atoms with van der Waals surface area (Å²) in [6, 6.07) is 4.05. The molecule has 0 atom stereocenters. The third-order valence-electron chi connectivity index (χ3n) is 4.67. The van der Waals surface area contributed by atoms with Gasteiger partial charge in [-0.25, -0.2) is 4.99 Å². The molecule has 0 amide bonds. The van der Waals surface area contributed by atoms with Gasteiger partial charge in [-0.05, 0) is 70.3 Å². The first-order chi connectivity index (χ1) is 11.7. The van der Waals surface area contributed by atoms with Crippen molar-refractivity contribution >= 4 is 5.96 Å². The molecule has 0 bridgehead atoms. The first-order valence-electron chi connectivity index (χ1n) is 9.34. The number of nitrogens with one attached hydrogen (secondary N) is 2. The van der Waals surface area contributed by atoms with Gasteiger partial charge in [0.2, 0.25) is 0 Å². The topological polar surface area (TPSA) is 52.6 Å². The number of hydrogen-bond acceptors (Lipinski definition) is 3. The fourth-order valence-electron chi connectivity index (χ4n) is 2.97. The molecule has 5 heteroatoms. The van der Waals surface area contributed by atoms with Gasteiger partial charge in [-0.15, -0.1) is 0 Å². The van der Waals surface area contributed by atoms with Crippen LogP contribution in [0.25, 0.3) is 0 Å². The van der Waals surface area contributed by atoms with Gasteiger partial charge in [-0.2, -0.15) is 0 Å². The quantitative estimate of drug-likeness (QED) is 0.458. The maximum absolute atomic E-state index is 4.66. The first-order valence-corrected chi connectivity index (χ1v) is 9.34. The van der Waals surface area contributed by atoms with E-state index in [1.807, 2.05) is 12.3 Å². The minimum atomic E-state index is 0.617. The van der Waals surface area contributed by atoms with Crippen molar-refractivity contribution in [1.82, 2.24) is 20.5 Å². The monoisotopic (exact) mass is 331 g/mol. The van der Waals surface area contributed by atoms with Gasteiger partial charge in [0.1, 0.15) is 0 Å². The fourth-order valence-corrected chi connectivity index (χ4v) is 2.97. The number of guanidine groups is 1. The van der Waals surface area contributed by atoms with Crippen molar-refractivity contribution in [1.29, 1.82) is 0 Å². The summed E-state index contributed by atoms with van der Waals surface area (Å²) in [6.07, 6.45) is 5.68. The average molecular weight is 332 g/mol. The van der Waals surface area contributed by atoms with Gasteiger partial charge < -0.3 is 15.5 Å². The predicted octanol–water partition coefficient (Wildman–Crippen LogP) is 2.57. The summed E-state index contributed by atoms with van der Waals surface area (Å²) in [7, 11) is 0. The number of rotatable bonds is 7. The lowest BCUT2D eigenvalue weighted by Crippen LogP contribution is -2.39. The number of nitrogens with zero attached hydrogens (tertiary/aromatic N) is 3. The molecule has 1 aliphatic heterocycles. The van der Waals surface area contributed by atoms with Gasteiger partial charge in [0.25, 0.3) is 0 Å². The first kappa shape index (κ1) is 18.7. The van der Waals surface area contributed by atoms with Gasteiger partial charge in [0.15, 0.2) is 5.96 Å². The standard InChI is InChI=1S/C19H33N5/c1-4-20-19(23-15-18-17(3)7-5-10-21-18)22-11-6-12-24-13-8-16(2)9-14-24/h5,7,10,16H,4,6,8-9,11-15H2,1-3H3,(H2,20,22,23). The Labute approximate surface area is 147 Å². The summed E-state index contributed by atoms with van der Waals surface area (Å²) >= 11 is 0. The highest BCUT2D eigenvalue weighted by Gasteiger charge is 2.14. The highest BCUT2D eigenvalue weighted by atomic mass is 15.2. The molecule has 0 unspecified atom stereocenters. The van der Waals surface area contributed by atoms with Crippen LogP contribution < -0.4 is 10.6 Å². The van der Waals surface area contributed by atoms with Crippen LogP contribution in [0.5, 0.6) is 0 Å². The zero-order valence-corrected chi connectivity index (χ0v) is 15.5. The Morgan fingerprint density at radius 1 is 1.33 bits per heavy atom. The van der Waals surface area contributed by atoms with E-state index in [9.17, 15) is 0 Å². The molecule has 0 aromatic carbocycles. The predicted molar refractivity (Wildman–Crippen MR) is 101 cm³/mol. The second kappa shape index (κ2) is 10.3. The molecule has 1 aromatic rings. The molecule has 0 aliphatic carbocycles. The summed E-state index contributed by atoms with van der Waals surface area (Å²) in [5.74, 6) is 1.79. The van der Waals surface area contributed by atoms with Crippen molar-refractivity contribution in [3.63, 3.8) is 0 Å². The Kier molecular flexibility index (Phi) is 8.02. The molecule has 134 valence electrons. The molecular weight excluding hydrogens is 298 g/mol. The second-order valence-electron chi connectivity index (χ2n) is 6.77. The molecular formula is C19H33N5. The van der Waals surface area contributed by atoms with Crippen LogP contribution in [0.3, 0.4) is 0 Å². The van der Waals surface area contributed by atoms with Gasteiger partial charge in [-0.3, -0.25) is 4.98 Å². The van der Waals surface area contributed by atoms with E-state index < -0.39 is 0 Å². The van der Waals surface area contributed by atoms with Crippen LogP contribution in [-0.4, -0.2) is 48.6 Å². The number of hydrogen-bond donors (Lipinski definition) is 2. The normalized spacial score (nSPS) is 17.0. The van der Waals surface area contributed by atoms with Gasteiger partial charge >= 0.3 is 0 Å².